The van der Waals surface area contributed by atoms with Crippen LogP contribution in [0, 0.1) is 0 Å². The highest BCUT2D eigenvalue weighted by Crippen LogP contribution is 2.23. The molecule has 0 aliphatic rings. The van der Waals surface area contributed by atoms with Gasteiger partial charge in [-0.3, -0.25) is 4.79 Å². The second-order valence-electron chi connectivity index (χ2n) is 5.08. The lowest BCUT2D eigenvalue weighted by Crippen LogP contribution is -2.23. The largest absolute Gasteiger partial charge is 0.399 e. The zero-order chi connectivity index (χ0) is 15.4. The number of nitrogens with zero attached hydrogens (tertiary/aromatic N) is 1. The molecule has 0 aliphatic heterocycles. The molecule has 0 fully saturated rings. The molecule has 1 amide bonds. The van der Waals surface area contributed by atoms with Crippen LogP contribution in [-0.4, -0.2) is 24.9 Å². The third kappa shape index (κ3) is 3.76. The number of thiophene rings is 1. The molecule has 1 heterocycles. The van der Waals surface area contributed by atoms with Crippen molar-refractivity contribution in [3.8, 4) is 0 Å². The normalized spacial score (nSPS) is 10.4. The smallest absolute Gasteiger partial charge is 0.255 e. The highest BCUT2D eigenvalue weighted by Gasteiger charge is 2.13. The average molecular weight is 303 g/mol. The first-order valence-electron chi connectivity index (χ1n) is 6.94. The Morgan fingerprint density at radius 1 is 1.24 bits per heavy atom. The van der Waals surface area contributed by atoms with E-state index in [4.69, 9.17) is 5.73 Å². The minimum absolute atomic E-state index is 0.0297. The summed E-state index contributed by atoms with van der Waals surface area (Å²) in [5.74, 6) is -0.0297. The van der Waals surface area contributed by atoms with E-state index in [1.807, 2.05) is 6.07 Å². The van der Waals surface area contributed by atoms with E-state index in [0.717, 1.165) is 12.1 Å². The van der Waals surface area contributed by atoms with Gasteiger partial charge in [0, 0.05) is 41.8 Å². The monoisotopic (exact) mass is 303 g/mol. The number of carbonyl (C=O) groups excluding carboxylic acids is 1. The number of aryl methyl sites for hydroxylation is 1. The van der Waals surface area contributed by atoms with Crippen molar-refractivity contribution >= 4 is 28.6 Å². The molecule has 0 atom stereocenters. The Bertz CT molecular complexity index is 634. The van der Waals surface area contributed by atoms with E-state index in [9.17, 15) is 4.79 Å². The molecule has 0 unspecified atom stereocenters. The number of hydrogen-bond donors (Lipinski definition) is 2. The summed E-state index contributed by atoms with van der Waals surface area (Å²) in [4.78, 5) is 16.4. The van der Waals surface area contributed by atoms with E-state index >= 15 is 0 Å². The Kier molecular flexibility index (Phi) is 4.85. The molecule has 2 aromatic rings. The molecule has 21 heavy (non-hydrogen) atoms. The summed E-state index contributed by atoms with van der Waals surface area (Å²) in [6.45, 7) is 2.84. The summed E-state index contributed by atoms with van der Waals surface area (Å²) in [5, 5.41) is 3.33. The predicted octanol–water partition coefficient (Wildman–Crippen LogP) is 3.21. The Hall–Kier alpha value is -2.01. The first-order valence-corrected chi connectivity index (χ1v) is 7.75. The maximum absolute atomic E-state index is 12.2. The standard InChI is InChI=1S/C16H21N3OS/c1-4-12-6-7-13(21-12)10-18-15-9-11(17)5-8-14(15)16(20)19(2)3/h5-9,18H,4,10,17H2,1-3H3. The third-order valence-electron chi connectivity index (χ3n) is 3.20. The van der Waals surface area contributed by atoms with E-state index in [-0.39, 0.29) is 5.91 Å². The molecule has 0 saturated heterocycles. The molecule has 0 radical (unpaired) electrons. The first kappa shape index (κ1) is 15.4. The Morgan fingerprint density at radius 3 is 2.57 bits per heavy atom. The van der Waals surface area contributed by atoms with Crippen molar-refractivity contribution in [1.29, 1.82) is 0 Å². The van der Waals surface area contributed by atoms with Gasteiger partial charge >= 0.3 is 0 Å². The van der Waals surface area contributed by atoms with Crippen LogP contribution in [0.3, 0.4) is 0 Å². The predicted molar refractivity (Wildman–Crippen MR) is 89.9 cm³/mol. The molecule has 112 valence electrons. The molecular weight excluding hydrogens is 282 g/mol. The fourth-order valence-electron chi connectivity index (χ4n) is 2.03. The molecule has 1 aromatic carbocycles. The van der Waals surface area contributed by atoms with Gasteiger partial charge in [0.05, 0.1) is 5.56 Å². The van der Waals surface area contributed by atoms with Crippen molar-refractivity contribution in [2.45, 2.75) is 19.9 Å². The van der Waals surface area contributed by atoms with Gasteiger partial charge in [-0.05, 0) is 36.8 Å². The van der Waals surface area contributed by atoms with Crippen LogP contribution in [0.15, 0.2) is 30.3 Å². The molecular formula is C16H21N3OS. The van der Waals surface area contributed by atoms with E-state index in [1.54, 1.807) is 42.5 Å². The molecule has 0 spiro atoms. The van der Waals surface area contributed by atoms with E-state index < -0.39 is 0 Å². The molecule has 0 aliphatic carbocycles. The number of amides is 1. The van der Waals surface area contributed by atoms with E-state index in [1.165, 1.54) is 9.75 Å². The van der Waals surface area contributed by atoms with Gasteiger partial charge in [0.25, 0.3) is 5.91 Å². The van der Waals surface area contributed by atoms with Crippen molar-refractivity contribution in [1.82, 2.24) is 4.90 Å². The van der Waals surface area contributed by atoms with Crippen LogP contribution in [0.4, 0.5) is 11.4 Å². The molecule has 4 nitrogen and oxygen atoms in total. The van der Waals surface area contributed by atoms with Gasteiger partial charge < -0.3 is 16.0 Å². The van der Waals surface area contributed by atoms with Crippen LogP contribution in [0.25, 0.3) is 0 Å². The zero-order valence-electron chi connectivity index (χ0n) is 12.6. The summed E-state index contributed by atoms with van der Waals surface area (Å²) in [6.07, 6.45) is 1.05. The lowest BCUT2D eigenvalue weighted by atomic mass is 10.1. The summed E-state index contributed by atoms with van der Waals surface area (Å²) < 4.78 is 0. The lowest BCUT2D eigenvalue weighted by Gasteiger charge is -2.15. The van der Waals surface area contributed by atoms with Gasteiger partial charge in [0.1, 0.15) is 0 Å². The van der Waals surface area contributed by atoms with Crippen LogP contribution >= 0.6 is 11.3 Å². The van der Waals surface area contributed by atoms with Gasteiger partial charge in [-0.25, -0.2) is 0 Å². The van der Waals surface area contributed by atoms with Crippen molar-refractivity contribution in [2.75, 3.05) is 25.1 Å². The second kappa shape index (κ2) is 6.63. The number of hydrogen-bond acceptors (Lipinski definition) is 4. The van der Waals surface area contributed by atoms with Crippen LogP contribution < -0.4 is 11.1 Å². The third-order valence-corrected chi connectivity index (χ3v) is 4.43. The van der Waals surface area contributed by atoms with Crippen LogP contribution in [0.5, 0.6) is 0 Å². The number of nitrogen functional groups attached to an aromatic ring is 1. The minimum Gasteiger partial charge on any atom is -0.399 e. The number of nitrogens with one attached hydrogen (secondary N) is 1. The van der Waals surface area contributed by atoms with E-state index in [0.29, 0.717) is 17.8 Å². The summed E-state index contributed by atoms with van der Waals surface area (Å²) in [7, 11) is 3.49. The summed E-state index contributed by atoms with van der Waals surface area (Å²) in [6, 6.07) is 9.60. The molecule has 0 bridgehead atoms. The fourth-order valence-corrected chi connectivity index (χ4v) is 2.92. The second-order valence-corrected chi connectivity index (χ2v) is 6.33. The summed E-state index contributed by atoms with van der Waals surface area (Å²) >= 11 is 1.79. The Balaban J connectivity index is 2.18. The maximum atomic E-state index is 12.2. The molecule has 5 heteroatoms. The van der Waals surface area contributed by atoms with Crippen molar-refractivity contribution < 1.29 is 4.79 Å². The maximum Gasteiger partial charge on any atom is 0.255 e. The minimum atomic E-state index is -0.0297. The Morgan fingerprint density at radius 2 is 1.95 bits per heavy atom. The zero-order valence-corrected chi connectivity index (χ0v) is 13.5. The lowest BCUT2D eigenvalue weighted by molar-refractivity contribution is 0.0828. The number of carbonyl (C=O) groups is 1. The summed E-state index contributed by atoms with van der Waals surface area (Å²) in [5.41, 5.74) is 7.90. The topological polar surface area (TPSA) is 58.4 Å². The average Bonchev–Trinajstić information content (AvgIpc) is 2.92. The fraction of sp³-hybridized carbons (Fsp3) is 0.312. The van der Waals surface area contributed by atoms with Gasteiger partial charge in [0.2, 0.25) is 0 Å². The van der Waals surface area contributed by atoms with Crippen molar-refractivity contribution in [3.05, 3.63) is 45.6 Å². The van der Waals surface area contributed by atoms with Gasteiger partial charge in [-0.15, -0.1) is 11.3 Å². The molecule has 1 aromatic heterocycles. The van der Waals surface area contributed by atoms with E-state index in [2.05, 4.69) is 24.4 Å². The highest BCUT2D eigenvalue weighted by atomic mass is 32.1. The van der Waals surface area contributed by atoms with Gasteiger partial charge in [-0.2, -0.15) is 0 Å². The highest BCUT2D eigenvalue weighted by molar-refractivity contribution is 7.12. The van der Waals surface area contributed by atoms with Crippen LogP contribution in [0.1, 0.15) is 27.0 Å². The van der Waals surface area contributed by atoms with Gasteiger partial charge in [0.15, 0.2) is 0 Å². The van der Waals surface area contributed by atoms with Crippen molar-refractivity contribution in [3.63, 3.8) is 0 Å². The molecule has 2 rings (SSSR count). The number of rotatable bonds is 5. The number of benzene rings is 1. The number of nitrogens with two attached hydrogens (primary N) is 1. The van der Waals surface area contributed by atoms with Crippen LogP contribution in [0.2, 0.25) is 0 Å². The van der Waals surface area contributed by atoms with Crippen molar-refractivity contribution in [2.24, 2.45) is 0 Å². The molecule has 3 N–H and O–H groups in total. The number of anilines is 2. The Labute approximate surface area is 129 Å². The molecule has 0 saturated carbocycles. The quantitative estimate of drug-likeness (QED) is 0.834. The van der Waals surface area contributed by atoms with Crippen LogP contribution in [-0.2, 0) is 13.0 Å². The van der Waals surface area contributed by atoms with Gasteiger partial charge in [-0.1, -0.05) is 6.92 Å². The SMILES string of the molecule is CCc1ccc(CNc2cc(N)ccc2C(=O)N(C)C)s1. The first-order chi connectivity index (χ1) is 10.0.